The number of amides is 1. The molecule has 0 radical (unpaired) electrons. The summed E-state index contributed by atoms with van der Waals surface area (Å²) in [5.74, 6) is 0. The molecule has 0 aromatic rings. The lowest BCUT2D eigenvalue weighted by Crippen LogP contribution is -2.53. The predicted molar refractivity (Wildman–Crippen MR) is 162 cm³/mol. The van der Waals surface area contributed by atoms with Crippen LogP contribution in [-0.2, 0) is 22.8 Å². The fraction of sp³-hybridized carbons (Fsp3) is 0.966. The molecule has 0 bridgehead atoms. The van der Waals surface area contributed by atoms with Gasteiger partial charge in [-0.1, -0.05) is 105 Å². The Labute approximate surface area is 240 Å². The third kappa shape index (κ3) is 15.4. The molecular weight excluding hydrogens is 533 g/mol. The van der Waals surface area contributed by atoms with Gasteiger partial charge in [0, 0.05) is 0 Å². The summed E-state index contributed by atoms with van der Waals surface area (Å²) in [5, 5.41) is 2.82. The van der Waals surface area contributed by atoms with Crippen LogP contribution in [0.2, 0.25) is 18.1 Å². The lowest BCUT2D eigenvalue weighted by Gasteiger charge is -2.38. The molecule has 8 nitrogen and oxygen atoms in total. The van der Waals surface area contributed by atoms with E-state index in [1.807, 2.05) is 0 Å². The van der Waals surface area contributed by atoms with Gasteiger partial charge in [-0.2, -0.15) is 0 Å². The highest BCUT2D eigenvalue weighted by Gasteiger charge is 2.48. The van der Waals surface area contributed by atoms with Gasteiger partial charge in [-0.25, -0.2) is 9.36 Å². The molecule has 0 saturated carbocycles. The number of rotatable bonds is 18. The van der Waals surface area contributed by atoms with Crippen molar-refractivity contribution in [3.63, 3.8) is 0 Å². The van der Waals surface area contributed by atoms with Gasteiger partial charge in [-0.05, 0) is 45.3 Å². The van der Waals surface area contributed by atoms with E-state index in [2.05, 4.69) is 46.1 Å². The maximum Gasteiger partial charge on any atom is 0.472 e. The minimum atomic E-state index is -4.21. The number of phosphoric ester groups is 1. The summed E-state index contributed by atoms with van der Waals surface area (Å²) >= 11 is 0. The second kappa shape index (κ2) is 16.9. The van der Waals surface area contributed by atoms with Gasteiger partial charge in [0.1, 0.15) is 11.7 Å². The largest absolute Gasteiger partial charge is 0.472 e. The maximum atomic E-state index is 12.7. The van der Waals surface area contributed by atoms with E-state index in [0.717, 1.165) is 19.3 Å². The highest BCUT2D eigenvalue weighted by Crippen LogP contribution is 2.54. The van der Waals surface area contributed by atoms with E-state index in [1.54, 1.807) is 20.8 Å². The Morgan fingerprint density at radius 1 is 0.897 bits per heavy atom. The van der Waals surface area contributed by atoms with Crippen molar-refractivity contribution in [1.29, 1.82) is 0 Å². The van der Waals surface area contributed by atoms with Crippen LogP contribution < -0.4 is 5.32 Å². The first kappa shape index (κ1) is 36.6. The number of phosphoric acid groups is 1. The summed E-state index contributed by atoms with van der Waals surface area (Å²) in [6.45, 7) is 18.5. The molecule has 1 aliphatic heterocycles. The van der Waals surface area contributed by atoms with E-state index in [-0.39, 0.29) is 11.6 Å². The fourth-order valence-corrected chi connectivity index (χ4v) is 6.64. The average molecular weight is 594 g/mol. The molecule has 0 aliphatic carbocycles. The number of carbonyl (C=O) groups excluding carboxylic acids is 1. The van der Waals surface area contributed by atoms with Crippen LogP contribution in [-0.4, -0.2) is 49.8 Å². The zero-order valence-corrected chi connectivity index (χ0v) is 28.4. The molecule has 1 saturated heterocycles. The molecule has 0 aromatic heterocycles. The smallest absolute Gasteiger partial charge is 0.444 e. The normalized spacial score (nSPS) is 23.1. The molecule has 1 fully saturated rings. The molecule has 1 unspecified atom stereocenters. The monoisotopic (exact) mass is 593 g/mol. The number of unbranched alkanes of at least 4 members (excludes halogenated alkanes) is 11. The van der Waals surface area contributed by atoms with E-state index >= 15 is 0 Å². The summed E-state index contributed by atoms with van der Waals surface area (Å²) in [6.07, 6.45) is 13.4. The van der Waals surface area contributed by atoms with Crippen molar-refractivity contribution in [3.8, 4) is 0 Å². The first-order chi connectivity index (χ1) is 18.0. The fourth-order valence-electron chi connectivity index (χ4n) is 4.41. The Morgan fingerprint density at radius 2 is 1.38 bits per heavy atom. The average Bonchev–Trinajstić information content (AvgIpc) is 3.09. The van der Waals surface area contributed by atoms with Crippen molar-refractivity contribution in [2.24, 2.45) is 0 Å². The Bertz CT molecular complexity index is 751. The van der Waals surface area contributed by atoms with Crippen LogP contribution in [0.15, 0.2) is 0 Å². The van der Waals surface area contributed by atoms with Gasteiger partial charge in [0.2, 0.25) is 0 Å². The summed E-state index contributed by atoms with van der Waals surface area (Å²) in [4.78, 5) is 22.9. The van der Waals surface area contributed by atoms with Gasteiger partial charge < -0.3 is 19.4 Å². The minimum Gasteiger partial charge on any atom is -0.444 e. The van der Waals surface area contributed by atoms with Crippen molar-refractivity contribution >= 4 is 22.2 Å². The zero-order valence-electron chi connectivity index (χ0n) is 26.5. The first-order valence-electron chi connectivity index (χ1n) is 15.3. The van der Waals surface area contributed by atoms with E-state index in [0.29, 0.717) is 6.42 Å². The van der Waals surface area contributed by atoms with Crippen molar-refractivity contribution in [3.05, 3.63) is 0 Å². The van der Waals surface area contributed by atoms with Crippen molar-refractivity contribution < 1.29 is 32.5 Å². The van der Waals surface area contributed by atoms with Gasteiger partial charge >= 0.3 is 13.9 Å². The number of nitrogens with one attached hydrogen (secondary N) is 1. The second-order valence-corrected chi connectivity index (χ2v) is 19.9. The number of carbonyl (C=O) groups is 1. The van der Waals surface area contributed by atoms with E-state index < -0.39 is 46.1 Å². The maximum absolute atomic E-state index is 12.7. The number of alkyl carbamates (subject to hydrolysis) is 1. The lowest BCUT2D eigenvalue weighted by atomic mass is 9.99. The van der Waals surface area contributed by atoms with Crippen LogP contribution in [0.5, 0.6) is 0 Å². The number of ether oxygens (including phenoxy) is 1. The number of hydrogen-bond donors (Lipinski definition) is 2. The molecule has 1 amide bonds. The zero-order chi connectivity index (χ0) is 29.7. The van der Waals surface area contributed by atoms with E-state index in [4.69, 9.17) is 18.2 Å². The molecule has 4 atom stereocenters. The summed E-state index contributed by atoms with van der Waals surface area (Å²) in [5.41, 5.74) is -0.678. The highest BCUT2D eigenvalue weighted by atomic mass is 31.2. The molecule has 1 heterocycles. The summed E-state index contributed by atoms with van der Waals surface area (Å²) < 4.78 is 35.3. The van der Waals surface area contributed by atoms with Crippen molar-refractivity contribution in [2.45, 2.75) is 174 Å². The van der Waals surface area contributed by atoms with E-state index in [9.17, 15) is 14.3 Å². The Morgan fingerprint density at radius 3 is 1.85 bits per heavy atom. The molecular formula is C29H60NO7PSi. The molecule has 0 spiro atoms. The minimum absolute atomic E-state index is 0.0305. The molecule has 0 aromatic carbocycles. The Kier molecular flexibility index (Phi) is 15.8. The third-order valence-electron chi connectivity index (χ3n) is 7.76. The van der Waals surface area contributed by atoms with Crippen LogP contribution >= 0.6 is 7.82 Å². The predicted octanol–water partition coefficient (Wildman–Crippen LogP) is 8.88. The van der Waals surface area contributed by atoms with Crippen LogP contribution in [0, 0.1) is 0 Å². The second-order valence-electron chi connectivity index (χ2n) is 13.7. The number of hydrogen-bond acceptors (Lipinski definition) is 6. The SMILES string of the molecule is CCCCCCCCCCCCCC[C@H]1OP(=O)(O)O[C@H]1[C@H](CO[Si](C)(C)C(C)(C)C)NC(=O)OC(C)(C)C. The first-order valence-corrected chi connectivity index (χ1v) is 19.7. The van der Waals surface area contributed by atoms with Gasteiger partial charge in [0.15, 0.2) is 8.32 Å². The van der Waals surface area contributed by atoms with Gasteiger partial charge in [-0.15, -0.1) is 0 Å². The van der Waals surface area contributed by atoms with Crippen molar-refractivity contribution in [1.82, 2.24) is 5.32 Å². The van der Waals surface area contributed by atoms with Gasteiger partial charge in [0.25, 0.3) is 0 Å². The third-order valence-corrected chi connectivity index (χ3v) is 13.3. The van der Waals surface area contributed by atoms with Crippen molar-refractivity contribution in [2.75, 3.05) is 6.61 Å². The lowest BCUT2D eigenvalue weighted by molar-refractivity contribution is 0.0345. The van der Waals surface area contributed by atoms with Crippen LogP contribution in [0.3, 0.4) is 0 Å². The Hall–Kier alpha value is -0.443. The molecule has 1 rings (SSSR count). The van der Waals surface area contributed by atoms with Crippen LogP contribution in [0.1, 0.15) is 132 Å². The molecule has 2 N–H and O–H groups in total. The topological polar surface area (TPSA) is 103 Å². The molecule has 10 heteroatoms. The summed E-state index contributed by atoms with van der Waals surface area (Å²) in [6, 6.07) is -0.681. The van der Waals surface area contributed by atoms with Gasteiger partial charge in [0.05, 0.1) is 18.8 Å². The molecule has 39 heavy (non-hydrogen) atoms. The summed E-state index contributed by atoms with van der Waals surface area (Å²) in [7, 11) is -6.36. The quantitative estimate of drug-likeness (QED) is 0.0929. The Balaban J connectivity index is 2.67. The standard InChI is InChI=1S/C29H60NO7PSi/c1-10-11-12-13-14-15-16-17-18-19-20-21-22-25-26(37-38(32,33)36-25)24(30-27(31)35-28(2,3)4)23-34-39(8,9)29(5,6)7/h24-26H,10-23H2,1-9H3,(H,30,31)(H,32,33)/t24-,25+,26-/m0/s1. The van der Waals surface area contributed by atoms with E-state index in [1.165, 1.54) is 57.8 Å². The molecule has 1 aliphatic rings. The van der Waals surface area contributed by atoms with Gasteiger partial charge in [-0.3, -0.25) is 9.05 Å². The molecule has 232 valence electrons. The van der Waals surface area contributed by atoms with Crippen LogP contribution in [0.4, 0.5) is 4.79 Å². The van der Waals surface area contributed by atoms with Crippen LogP contribution in [0.25, 0.3) is 0 Å². The highest BCUT2D eigenvalue weighted by molar-refractivity contribution is 7.47.